The first kappa shape index (κ1) is 21.8. The van der Waals surface area contributed by atoms with Gasteiger partial charge < -0.3 is 0 Å². The number of rotatable bonds is 2. The molecule has 1 saturated heterocycles. The zero-order valence-corrected chi connectivity index (χ0v) is 21.4. The number of fused-ring (bicyclic) bond motifs is 2. The van der Waals surface area contributed by atoms with Crippen molar-refractivity contribution in [1.82, 2.24) is 9.80 Å². The first-order valence-corrected chi connectivity index (χ1v) is 12.7. The molecule has 0 N–H and O–H groups in total. The molecule has 33 heavy (non-hydrogen) atoms. The number of para-hydroxylation sites is 2. The summed E-state index contributed by atoms with van der Waals surface area (Å²) < 4.78 is 2.23. The van der Waals surface area contributed by atoms with Gasteiger partial charge in [-0.1, -0.05) is 0 Å². The Morgan fingerprint density at radius 2 is 1.48 bits per heavy atom. The van der Waals surface area contributed by atoms with Crippen LogP contribution < -0.4 is 4.90 Å². The molecule has 2 amide bonds. The van der Waals surface area contributed by atoms with Crippen molar-refractivity contribution in [2.24, 2.45) is 0 Å². The molecule has 5 rings (SSSR count). The summed E-state index contributed by atoms with van der Waals surface area (Å²) in [5.41, 5.74) is 4.71. The molecule has 0 bridgehead atoms. The minimum absolute atomic E-state index is 0.0847. The molecule has 5 nitrogen and oxygen atoms in total. The van der Waals surface area contributed by atoms with Gasteiger partial charge in [0.2, 0.25) is 0 Å². The molecule has 0 radical (unpaired) electrons. The summed E-state index contributed by atoms with van der Waals surface area (Å²) in [6.07, 6.45) is 1.77. The Kier molecular flexibility index (Phi) is 5.16. The quantitative estimate of drug-likeness (QED) is 0.217. The predicted octanol–water partition coefficient (Wildman–Crippen LogP) is 4.45. The Bertz CT molecular complexity index is 1320. The van der Waals surface area contributed by atoms with Crippen LogP contribution in [0.2, 0.25) is 0 Å². The molecule has 0 saturated carbocycles. The number of thiocarbonyl (C=S) groups is 1. The van der Waals surface area contributed by atoms with E-state index in [1.165, 1.54) is 31.2 Å². The van der Waals surface area contributed by atoms with Crippen molar-refractivity contribution in [2.45, 2.75) is 19.3 Å². The van der Waals surface area contributed by atoms with Gasteiger partial charge in [-0.05, 0) is 0 Å². The van der Waals surface area contributed by atoms with Gasteiger partial charge in [-0.2, -0.15) is 0 Å². The Labute approximate surface area is 204 Å². The molecule has 1 fully saturated rings. The number of carbonyl (C=O) groups excluding carboxylic acids is 2. The van der Waals surface area contributed by atoms with Gasteiger partial charge in [-0.3, -0.25) is 0 Å². The number of hydrogen-bond donors (Lipinski definition) is 0. The van der Waals surface area contributed by atoms with Gasteiger partial charge in [-0.25, -0.2) is 0 Å². The Morgan fingerprint density at radius 3 is 2.15 bits per heavy atom. The van der Waals surface area contributed by atoms with E-state index in [0.717, 1.165) is 10.1 Å². The van der Waals surface area contributed by atoms with E-state index in [9.17, 15) is 9.59 Å². The SMILES string of the molecule is CN1C(=O)C(=Cc2cc3c([se]2)N(c2ccccc2)c2ccccc2C3(C)C)C(=O)N(C)C1=S. The average Bonchev–Trinajstić information content (AvgIpc) is 3.25. The summed E-state index contributed by atoms with van der Waals surface area (Å²) in [6, 6.07) is 21.0. The van der Waals surface area contributed by atoms with Crippen LogP contribution in [-0.2, 0) is 15.0 Å². The van der Waals surface area contributed by atoms with Gasteiger partial charge in [0.25, 0.3) is 0 Å². The van der Waals surface area contributed by atoms with Crippen molar-refractivity contribution in [3.63, 3.8) is 0 Å². The monoisotopic (exact) mass is 521 g/mol. The molecule has 3 aromatic rings. The number of anilines is 3. The van der Waals surface area contributed by atoms with Crippen molar-refractivity contribution < 1.29 is 9.59 Å². The van der Waals surface area contributed by atoms with Gasteiger partial charge >= 0.3 is 205 Å². The van der Waals surface area contributed by atoms with Crippen LogP contribution in [0.1, 0.15) is 29.4 Å². The number of amides is 2. The summed E-state index contributed by atoms with van der Waals surface area (Å²) in [4.78, 5) is 30.8. The summed E-state index contributed by atoms with van der Waals surface area (Å²) in [7, 11) is 3.21. The van der Waals surface area contributed by atoms with Crippen LogP contribution in [0.25, 0.3) is 6.08 Å². The number of benzene rings is 2. The standard InChI is InChI=1S/C26H23N3O2SSe/c1-26(2)19-12-8-9-13-21(19)29(16-10-6-5-7-11-16)24-20(26)15-17(33-24)14-18-22(30)27(3)25(32)28(4)23(18)31/h5-15H,1-4H3. The van der Waals surface area contributed by atoms with E-state index in [-0.39, 0.29) is 42.4 Å². The van der Waals surface area contributed by atoms with E-state index in [4.69, 9.17) is 12.2 Å². The van der Waals surface area contributed by atoms with Crippen LogP contribution in [-0.4, -0.2) is 55.3 Å². The molecule has 3 heterocycles. The maximum absolute atomic E-state index is 12.9. The molecule has 0 aliphatic carbocycles. The van der Waals surface area contributed by atoms with E-state index in [2.05, 4.69) is 61.2 Å². The predicted molar refractivity (Wildman–Crippen MR) is 136 cm³/mol. The molecule has 2 aromatic carbocycles. The van der Waals surface area contributed by atoms with E-state index in [0.29, 0.717) is 0 Å². The van der Waals surface area contributed by atoms with Gasteiger partial charge in [0.05, 0.1) is 0 Å². The van der Waals surface area contributed by atoms with Crippen molar-refractivity contribution in [3.05, 3.63) is 81.8 Å². The van der Waals surface area contributed by atoms with Crippen LogP contribution in [0.5, 0.6) is 0 Å². The molecular weight excluding hydrogens is 497 g/mol. The van der Waals surface area contributed by atoms with Crippen molar-refractivity contribution >= 4 is 65.7 Å². The zero-order valence-electron chi connectivity index (χ0n) is 18.8. The van der Waals surface area contributed by atoms with E-state index < -0.39 is 0 Å². The van der Waals surface area contributed by atoms with E-state index in [1.807, 2.05) is 18.2 Å². The third-order valence-corrected chi connectivity index (χ3v) is 9.16. The van der Waals surface area contributed by atoms with Crippen molar-refractivity contribution in [1.29, 1.82) is 0 Å². The third kappa shape index (κ3) is 3.31. The number of nitrogens with zero attached hydrogens (tertiary/aromatic N) is 3. The second-order valence-electron chi connectivity index (χ2n) is 8.75. The molecule has 0 atom stereocenters. The minimum atomic E-state index is -0.355. The molecule has 7 heteroatoms. The Morgan fingerprint density at radius 1 is 0.879 bits per heavy atom. The molecule has 0 spiro atoms. The third-order valence-electron chi connectivity index (χ3n) is 6.37. The summed E-state index contributed by atoms with van der Waals surface area (Å²) >= 11 is 5.14. The fraction of sp³-hybridized carbons (Fsp3) is 0.192. The number of likely N-dealkylation sites (N-methyl/N-ethyl adjacent to an activating group) is 2. The van der Waals surface area contributed by atoms with Crippen LogP contribution in [0.4, 0.5) is 15.9 Å². The molecule has 1 aromatic heterocycles. The van der Waals surface area contributed by atoms with Crippen molar-refractivity contribution in [2.75, 3.05) is 19.0 Å². The first-order chi connectivity index (χ1) is 15.7. The van der Waals surface area contributed by atoms with Gasteiger partial charge in [-0.15, -0.1) is 0 Å². The topological polar surface area (TPSA) is 43.9 Å². The first-order valence-electron chi connectivity index (χ1n) is 10.6. The second kappa shape index (κ2) is 7.80. The average molecular weight is 521 g/mol. The molecular formula is C26H23N3O2SSe. The van der Waals surface area contributed by atoms with E-state index >= 15 is 0 Å². The Hall–Kier alpha value is -2.99. The summed E-state index contributed by atoms with van der Waals surface area (Å²) in [5, 5.41) is 0.220. The molecule has 166 valence electrons. The van der Waals surface area contributed by atoms with Crippen LogP contribution in [0.3, 0.4) is 0 Å². The van der Waals surface area contributed by atoms with Crippen LogP contribution >= 0.6 is 12.2 Å². The van der Waals surface area contributed by atoms with Gasteiger partial charge in [0, 0.05) is 0 Å². The Balaban J connectivity index is 1.69. The maximum atomic E-state index is 12.9. The number of carbonyl (C=O) groups is 2. The van der Waals surface area contributed by atoms with Crippen LogP contribution in [0.15, 0.2) is 66.2 Å². The van der Waals surface area contributed by atoms with E-state index in [1.54, 1.807) is 20.2 Å². The molecule has 0 unspecified atom stereocenters. The van der Waals surface area contributed by atoms with Gasteiger partial charge in [0.15, 0.2) is 0 Å². The zero-order chi connectivity index (χ0) is 23.5. The summed E-state index contributed by atoms with van der Waals surface area (Å²) in [6.45, 7) is 4.48. The normalized spacial score (nSPS) is 17.3. The van der Waals surface area contributed by atoms with Gasteiger partial charge in [0.1, 0.15) is 0 Å². The molecule has 2 aliphatic rings. The van der Waals surface area contributed by atoms with Crippen LogP contribution in [0, 0.1) is 0 Å². The van der Waals surface area contributed by atoms with Crippen molar-refractivity contribution in [3.8, 4) is 0 Å². The summed E-state index contributed by atoms with van der Waals surface area (Å²) in [5.74, 6) is -0.709. The number of hydrogen-bond acceptors (Lipinski definition) is 4. The fourth-order valence-corrected chi connectivity index (χ4v) is 7.37. The molecule has 2 aliphatic heterocycles. The second-order valence-corrected chi connectivity index (χ2v) is 11.3. The fourth-order valence-electron chi connectivity index (χ4n) is 4.49.